The highest BCUT2D eigenvalue weighted by Crippen LogP contribution is 2.27. The van der Waals surface area contributed by atoms with Gasteiger partial charge in [-0.15, -0.1) is 5.92 Å². The molecular weight excluding hydrogens is 244 g/mol. The summed E-state index contributed by atoms with van der Waals surface area (Å²) in [5, 5.41) is 3.85. The lowest BCUT2D eigenvalue weighted by Gasteiger charge is -2.02. The van der Waals surface area contributed by atoms with Crippen LogP contribution in [0.25, 0.3) is 11.5 Å². The number of methoxy groups -OCH3 is 1. The lowest BCUT2D eigenvalue weighted by molar-refractivity contribution is 0.144. The third-order valence-corrected chi connectivity index (χ3v) is 2.39. The predicted octanol–water partition coefficient (Wildman–Crippen LogP) is 2.29. The van der Waals surface area contributed by atoms with E-state index >= 15 is 0 Å². The van der Waals surface area contributed by atoms with Crippen molar-refractivity contribution in [1.29, 1.82) is 0 Å². The van der Waals surface area contributed by atoms with Crippen molar-refractivity contribution in [3.8, 4) is 29.0 Å². The standard InChI is InChI=1S/C14H14N2O3/c1-3-4-9-18-10-13-15-14(19-16-13)11-7-5-6-8-12(11)17-2/h5-8H,9-10H2,1-2H3. The molecule has 0 spiro atoms. The molecule has 1 heterocycles. The van der Waals surface area contributed by atoms with Crippen molar-refractivity contribution in [2.75, 3.05) is 13.7 Å². The molecule has 98 valence electrons. The second kappa shape index (κ2) is 6.57. The van der Waals surface area contributed by atoms with Crippen LogP contribution in [-0.4, -0.2) is 23.9 Å². The van der Waals surface area contributed by atoms with Gasteiger partial charge < -0.3 is 14.0 Å². The average Bonchev–Trinajstić information content (AvgIpc) is 2.92. The number of ether oxygens (including phenoxy) is 2. The first-order chi connectivity index (χ1) is 9.35. The molecule has 0 atom stereocenters. The van der Waals surface area contributed by atoms with Crippen molar-refractivity contribution in [2.45, 2.75) is 13.5 Å². The zero-order valence-electron chi connectivity index (χ0n) is 10.8. The number of aromatic nitrogens is 2. The molecule has 2 aromatic rings. The van der Waals surface area contributed by atoms with Gasteiger partial charge in [0.15, 0.2) is 5.82 Å². The first kappa shape index (κ1) is 13.1. The van der Waals surface area contributed by atoms with E-state index in [1.807, 2.05) is 24.3 Å². The number of hydrogen-bond acceptors (Lipinski definition) is 5. The predicted molar refractivity (Wildman–Crippen MR) is 69.4 cm³/mol. The van der Waals surface area contributed by atoms with Crippen LogP contribution in [0.5, 0.6) is 5.75 Å². The Labute approximate surface area is 111 Å². The van der Waals surface area contributed by atoms with Crippen LogP contribution in [0, 0.1) is 11.8 Å². The van der Waals surface area contributed by atoms with Gasteiger partial charge in [-0.05, 0) is 19.1 Å². The molecule has 0 radical (unpaired) electrons. The minimum absolute atomic E-state index is 0.271. The van der Waals surface area contributed by atoms with Crippen molar-refractivity contribution in [3.63, 3.8) is 0 Å². The van der Waals surface area contributed by atoms with E-state index in [2.05, 4.69) is 22.0 Å². The maximum absolute atomic E-state index is 5.28. The highest BCUT2D eigenvalue weighted by molar-refractivity contribution is 5.62. The lowest BCUT2D eigenvalue weighted by Crippen LogP contribution is -1.95. The zero-order chi connectivity index (χ0) is 13.5. The number of nitrogens with zero attached hydrogens (tertiary/aromatic N) is 2. The molecule has 0 saturated carbocycles. The lowest BCUT2D eigenvalue weighted by atomic mass is 10.2. The van der Waals surface area contributed by atoms with Gasteiger partial charge in [0.05, 0.1) is 12.7 Å². The van der Waals surface area contributed by atoms with Crippen molar-refractivity contribution in [3.05, 3.63) is 30.1 Å². The first-order valence-corrected chi connectivity index (χ1v) is 5.78. The quantitative estimate of drug-likeness (QED) is 0.608. The summed E-state index contributed by atoms with van der Waals surface area (Å²) in [6, 6.07) is 7.47. The van der Waals surface area contributed by atoms with E-state index in [-0.39, 0.29) is 6.61 Å². The molecular formula is C14H14N2O3. The molecule has 2 rings (SSSR count). The Morgan fingerprint density at radius 3 is 2.95 bits per heavy atom. The van der Waals surface area contributed by atoms with Crippen LogP contribution in [0.3, 0.4) is 0 Å². The van der Waals surface area contributed by atoms with Gasteiger partial charge in [0.2, 0.25) is 0 Å². The summed E-state index contributed by atoms with van der Waals surface area (Å²) < 4.78 is 15.7. The van der Waals surface area contributed by atoms with Crippen LogP contribution in [0.1, 0.15) is 12.7 Å². The molecule has 0 saturated heterocycles. The second-order valence-corrected chi connectivity index (χ2v) is 3.64. The molecule has 0 aliphatic rings. The van der Waals surface area contributed by atoms with E-state index in [4.69, 9.17) is 14.0 Å². The van der Waals surface area contributed by atoms with Crippen molar-refractivity contribution in [2.24, 2.45) is 0 Å². The van der Waals surface area contributed by atoms with Crippen LogP contribution in [-0.2, 0) is 11.3 Å². The molecule has 5 heteroatoms. The van der Waals surface area contributed by atoms with Crippen molar-refractivity contribution >= 4 is 0 Å². The minimum Gasteiger partial charge on any atom is -0.496 e. The number of benzene rings is 1. The molecule has 0 unspecified atom stereocenters. The molecule has 0 aliphatic carbocycles. The Hall–Kier alpha value is -2.32. The summed E-state index contributed by atoms with van der Waals surface area (Å²) in [6.07, 6.45) is 0. The number of hydrogen-bond donors (Lipinski definition) is 0. The fourth-order valence-electron chi connectivity index (χ4n) is 1.51. The van der Waals surface area contributed by atoms with Gasteiger partial charge in [0, 0.05) is 0 Å². The van der Waals surface area contributed by atoms with Crippen LogP contribution in [0.15, 0.2) is 28.8 Å². The van der Waals surface area contributed by atoms with Crippen LogP contribution in [0.4, 0.5) is 0 Å². The Bertz CT molecular complexity index is 596. The van der Waals surface area contributed by atoms with Gasteiger partial charge in [-0.2, -0.15) is 4.98 Å². The molecule has 5 nitrogen and oxygen atoms in total. The van der Waals surface area contributed by atoms with Gasteiger partial charge in [0.25, 0.3) is 5.89 Å². The van der Waals surface area contributed by atoms with Gasteiger partial charge >= 0.3 is 0 Å². The molecule has 1 aromatic heterocycles. The van der Waals surface area contributed by atoms with Crippen LogP contribution < -0.4 is 4.74 Å². The van der Waals surface area contributed by atoms with E-state index in [0.717, 1.165) is 5.56 Å². The summed E-state index contributed by atoms with van der Waals surface area (Å²) >= 11 is 0. The summed E-state index contributed by atoms with van der Waals surface area (Å²) in [5.74, 6) is 7.13. The maximum atomic E-state index is 5.28. The molecule has 0 aliphatic heterocycles. The minimum atomic E-state index is 0.271. The second-order valence-electron chi connectivity index (χ2n) is 3.64. The van der Waals surface area contributed by atoms with E-state index < -0.39 is 0 Å². The number of rotatable bonds is 5. The van der Waals surface area contributed by atoms with Gasteiger partial charge in [-0.1, -0.05) is 23.2 Å². The maximum Gasteiger partial charge on any atom is 0.261 e. The normalized spacial score (nSPS) is 9.79. The first-order valence-electron chi connectivity index (χ1n) is 5.78. The topological polar surface area (TPSA) is 57.4 Å². The van der Waals surface area contributed by atoms with E-state index in [9.17, 15) is 0 Å². The van der Waals surface area contributed by atoms with Crippen LogP contribution in [0.2, 0.25) is 0 Å². The number of para-hydroxylation sites is 1. The van der Waals surface area contributed by atoms with Gasteiger partial charge in [-0.3, -0.25) is 0 Å². The fourth-order valence-corrected chi connectivity index (χ4v) is 1.51. The molecule has 0 bridgehead atoms. The summed E-state index contributed by atoms with van der Waals surface area (Å²) in [5.41, 5.74) is 0.761. The Morgan fingerprint density at radius 1 is 1.32 bits per heavy atom. The highest BCUT2D eigenvalue weighted by Gasteiger charge is 2.12. The van der Waals surface area contributed by atoms with E-state index in [1.54, 1.807) is 14.0 Å². The highest BCUT2D eigenvalue weighted by atomic mass is 16.5. The largest absolute Gasteiger partial charge is 0.496 e. The van der Waals surface area contributed by atoms with E-state index in [1.165, 1.54) is 0 Å². The Kier molecular flexibility index (Phi) is 4.54. The molecule has 0 N–H and O–H groups in total. The third-order valence-electron chi connectivity index (χ3n) is 2.39. The van der Waals surface area contributed by atoms with Crippen molar-refractivity contribution in [1.82, 2.24) is 10.1 Å². The fraction of sp³-hybridized carbons (Fsp3) is 0.286. The molecule has 0 fully saturated rings. The Balaban J connectivity index is 2.09. The SMILES string of the molecule is CC#CCOCc1noc(-c2ccccc2OC)n1. The van der Waals surface area contributed by atoms with Crippen molar-refractivity contribution < 1.29 is 14.0 Å². The molecule has 1 aromatic carbocycles. The molecule has 0 amide bonds. The smallest absolute Gasteiger partial charge is 0.261 e. The summed E-state index contributed by atoms with van der Waals surface area (Å²) in [7, 11) is 1.60. The van der Waals surface area contributed by atoms with E-state index in [0.29, 0.717) is 24.1 Å². The molecule has 19 heavy (non-hydrogen) atoms. The van der Waals surface area contributed by atoms with Gasteiger partial charge in [0.1, 0.15) is 19.0 Å². The summed E-state index contributed by atoms with van der Waals surface area (Å²) in [6.45, 7) is 2.39. The van der Waals surface area contributed by atoms with Gasteiger partial charge in [-0.25, -0.2) is 0 Å². The average molecular weight is 258 g/mol. The Morgan fingerprint density at radius 2 is 2.16 bits per heavy atom. The van der Waals surface area contributed by atoms with Crippen LogP contribution >= 0.6 is 0 Å². The third kappa shape index (κ3) is 3.33. The monoisotopic (exact) mass is 258 g/mol. The summed E-state index contributed by atoms with van der Waals surface area (Å²) in [4.78, 5) is 4.26. The zero-order valence-corrected chi connectivity index (χ0v) is 10.8.